The van der Waals surface area contributed by atoms with Gasteiger partial charge in [0.2, 0.25) is 0 Å². The number of likely N-dealkylation sites (tertiary alicyclic amines) is 1. The molecule has 4 rings (SSSR count). The second-order valence-corrected chi connectivity index (χ2v) is 6.50. The lowest BCUT2D eigenvalue weighted by molar-refractivity contribution is 0.0393. The summed E-state index contributed by atoms with van der Waals surface area (Å²) in [6.45, 7) is 0.240. The SMILES string of the molecule is O=C(c1cc2cccnc2n1-c1ccc(Cl)c(Cl)c1)N1CC(F)C1. The molecular formula is C17H12Cl2FN3O. The predicted molar refractivity (Wildman–Crippen MR) is 91.9 cm³/mol. The maximum Gasteiger partial charge on any atom is 0.271 e. The first kappa shape index (κ1) is 15.4. The lowest BCUT2D eigenvalue weighted by Crippen LogP contribution is -2.51. The van der Waals surface area contributed by atoms with Gasteiger partial charge >= 0.3 is 0 Å². The minimum absolute atomic E-state index is 0.120. The molecule has 3 aromatic rings. The zero-order chi connectivity index (χ0) is 16.8. The van der Waals surface area contributed by atoms with Crippen LogP contribution in [-0.2, 0) is 0 Å². The highest BCUT2D eigenvalue weighted by Gasteiger charge is 2.33. The van der Waals surface area contributed by atoms with Crippen molar-refractivity contribution in [3.8, 4) is 5.69 Å². The number of alkyl halides is 1. The largest absolute Gasteiger partial charge is 0.331 e. The lowest BCUT2D eigenvalue weighted by Gasteiger charge is -2.34. The van der Waals surface area contributed by atoms with Crippen LogP contribution in [-0.4, -0.2) is 39.6 Å². The third-order valence-corrected chi connectivity index (χ3v) is 4.81. The van der Waals surface area contributed by atoms with Crippen LogP contribution in [0.2, 0.25) is 10.0 Å². The smallest absolute Gasteiger partial charge is 0.271 e. The molecule has 122 valence electrons. The highest BCUT2D eigenvalue weighted by atomic mass is 35.5. The van der Waals surface area contributed by atoms with Crippen LogP contribution in [0, 0.1) is 0 Å². The van der Waals surface area contributed by atoms with Gasteiger partial charge in [0.15, 0.2) is 0 Å². The van der Waals surface area contributed by atoms with E-state index in [4.69, 9.17) is 23.2 Å². The monoisotopic (exact) mass is 363 g/mol. The quantitative estimate of drug-likeness (QED) is 0.686. The van der Waals surface area contributed by atoms with Crippen LogP contribution in [0.15, 0.2) is 42.6 Å². The van der Waals surface area contributed by atoms with Crippen LogP contribution in [0.3, 0.4) is 0 Å². The molecule has 2 aromatic heterocycles. The van der Waals surface area contributed by atoms with Crippen LogP contribution in [0.5, 0.6) is 0 Å². The van der Waals surface area contributed by atoms with Gasteiger partial charge < -0.3 is 4.90 Å². The minimum atomic E-state index is -0.949. The molecule has 1 saturated heterocycles. The molecule has 0 N–H and O–H groups in total. The van der Waals surface area contributed by atoms with Crippen LogP contribution in [0.1, 0.15) is 10.5 Å². The third-order valence-electron chi connectivity index (χ3n) is 4.07. The molecule has 7 heteroatoms. The second kappa shape index (κ2) is 5.76. The summed E-state index contributed by atoms with van der Waals surface area (Å²) >= 11 is 12.1. The van der Waals surface area contributed by atoms with Gasteiger partial charge in [0.05, 0.1) is 23.1 Å². The number of benzene rings is 1. The zero-order valence-electron chi connectivity index (χ0n) is 12.4. The van der Waals surface area contributed by atoms with Crippen LogP contribution in [0.4, 0.5) is 4.39 Å². The fourth-order valence-corrected chi connectivity index (χ4v) is 3.12. The summed E-state index contributed by atoms with van der Waals surface area (Å²) < 4.78 is 14.9. The van der Waals surface area contributed by atoms with Crippen molar-refractivity contribution in [2.75, 3.05) is 13.1 Å². The number of rotatable bonds is 2. The van der Waals surface area contributed by atoms with Gasteiger partial charge in [-0.25, -0.2) is 9.37 Å². The van der Waals surface area contributed by atoms with Crippen LogP contribution < -0.4 is 0 Å². The number of nitrogens with zero attached hydrogens (tertiary/aromatic N) is 3. The molecule has 1 aromatic carbocycles. The molecule has 0 atom stereocenters. The summed E-state index contributed by atoms with van der Waals surface area (Å²) in [7, 11) is 0. The average Bonchev–Trinajstić information content (AvgIpc) is 2.93. The van der Waals surface area contributed by atoms with E-state index in [9.17, 15) is 9.18 Å². The van der Waals surface area contributed by atoms with E-state index in [2.05, 4.69) is 4.98 Å². The number of hydrogen-bond acceptors (Lipinski definition) is 2. The standard InChI is InChI=1S/C17H12Cl2FN3O/c18-13-4-3-12(7-14(13)19)23-15(17(24)22-8-11(20)9-22)6-10-2-1-5-21-16(10)23/h1-7,11H,8-9H2. The van der Waals surface area contributed by atoms with E-state index in [0.29, 0.717) is 27.1 Å². The van der Waals surface area contributed by atoms with Gasteiger partial charge in [0.25, 0.3) is 5.91 Å². The Labute approximate surface area is 147 Å². The van der Waals surface area contributed by atoms with E-state index in [-0.39, 0.29) is 19.0 Å². The van der Waals surface area contributed by atoms with E-state index in [1.807, 2.05) is 6.07 Å². The summed E-state index contributed by atoms with van der Waals surface area (Å²) in [5.41, 5.74) is 1.74. The first-order chi connectivity index (χ1) is 11.5. The molecule has 0 radical (unpaired) electrons. The molecule has 4 nitrogen and oxygen atoms in total. The van der Waals surface area contributed by atoms with Crippen LogP contribution >= 0.6 is 23.2 Å². The highest BCUT2D eigenvalue weighted by Crippen LogP contribution is 2.29. The van der Waals surface area contributed by atoms with Crippen molar-refractivity contribution < 1.29 is 9.18 Å². The molecule has 0 unspecified atom stereocenters. The molecule has 1 fully saturated rings. The first-order valence-electron chi connectivity index (χ1n) is 7.40. The Morgan fingerprint density at radius 3 is 2.67 bits per heavy atom. The molecular weight excluding hydrogens is 352 g/mol. The normalized spacial score (nSPS) is 14.9. The third kappa shape index (κ3) is 2.44. The molecule has 24 heavy (non-hydrogen) atoms. The molecule has 1 amide bonds. The van der Waals surface area contributed by atoms with Crippen molar-refractivity contribution in [1.29, 1.82) is 0 Å². The molecule has 3 heterocycles. The van der Waals surface area contributed by atoms with Crippen LogP contribution in [0.25, 0.3) is 16.7 Å². The number of halogens is 3. The van der Waals surface area contributed by atoms with Crippen molar-refractivity contribution in [1.82, 2.24) is 14.5 Å². The number of fused-ring (bicyclic) bond motifs is 1. The number of amides is 1. The fourth-order valence-electron chi connectivity index (χ4n) is 2.83. The number of hydrogen-bond donors (Lipinski definition) is 0. The summed E-state index contributed by atoms with van der Waals surface area (Å²) in [6, 6.07) is 10.6. The summed E-state index contributed by atoms with van der Waals surface area (Å²) in [4.78, 5) is 18.6. The lowest BCUT2D eigenvalue weighted by atomic mass is 10.1. The molecule has 0 spiro atoms. The Balaban J connectivity index is 1.90. The van der Waals surface area contributed by atoms with Crippen molar-refractivity contribution in [2.24, 2.45) is 0 Å². The Morgan fingerprint density at radius 1 is 1.17 bits per heavy atom. The van der Waals surface area contributed by atoms with Gasteiger partial charge in [-0.15, -0.1) is 0 Å². The van der Waals surface area contributed by atoms with Gasteiger partial charge in [-0.1, -0.05) is 23.2 Å². The Morgan fingerprint density at radius 2 is 1.96 bits per heavy atom. The van der Waals surface area contributed by atoms with E-state index in [1.165, 1.54) is 4.90 Å². The van der Waals surface area contributed by atoms with Crippen molar-refractivity contribution in [2.45, 2.75) is 6.17 Å². The summed E-state index contributed by atoms with van der Waals surface area (Å²) in [6.07, 6.45) is 0.709. The van der Waals surface area contributed by atoms with Gasteiger partial charge in [-0.3, -0.25) is 9.36 Å². The number of pyridine rings is 1. The second-order valence-electron chi connectivity index (χ2n) is 5.69. The maximum atomic E-state index is 13.1. The van der Waals surface area contributed by atoms with E-state index in [1.54, 1.807) is 41.1 Å². The molecule has 0 aliphatic carbocycles. The van der Waals surface area contributed by atoms with E-state index < -0.39 is 6.17 Å². The zero-order valence-corrected chi connectivity index (χ0v) is 13.9. The molecule has 1 aliphatic rings. The summed E-state index contributed by atoms with van der Waals surface area (Å²) in [5.74, 6) is -0.229. The molecule has 1 aliphatic heterocycles. The topological polar surface area (TPSA) is 38.1 Å². The van der Waals surface area contributed by atoms with Gasteiger partial charge in [0.1, 0.15) is 17.5 Å². The Bertz CT molecular complexity index is 950. The Kier molecular flexibility index (Phi) is 3.70. The fraction of sp³-hybridized carbons (Fsp3) is 0.176. The van der Waals surface area contributed by atoms with Gasteiger partial charge in [-0.05, 0) is 36.4 Å². The van der Waals surface area contributed by atoms with E-state index in [0.717, 1.165) is 5.39 Å². The molecule has 0 bridgehead atoms. The number of carbonyl (C=O) groups excluding carboxylic acids is 1. The van der Waals surface area contributed by atoms with Crippen molar-refractivity contribution >= 4 is 40.1 Å². The van der Waals surface area contributed by atoms with Gasteiger partial charge in [0, 0.05) is 17.3 Å². The van der Waals surface area contributed by atoms with E-state index >= 15 is 0 Å². The minimum Gasteiger partial charge on any atom is -0.331 e. The summed E-state index contributed by atoms with van der Waals surface area (Å²) in [5, 5.41) is 1.64. The average molecular weight is 364 g/mol. The van der Waals surface area contributed by atoms with Crippen molar-refractivity contribution in [3.63, 3.8) is 0 Å². The first-order valence-corrected chi connectivity index (χ1v) is 8.15. The predicted octanol–water partition coefficient (Wildman–Crippen LogP) is 4.13. The maximum absolute atomic E-state index is 13.1. The Hall–Kier alpha value is -2.11. The number of carbonyl (C=O) groups is 1. The highest BCUT2D eigenvalue weighted by molar-refractivity contribution is 6.42. The molecule has 0 saturated carbocycles. The van der Waals surface area contributed by atoms with Crippen molar-refractivity contribution in [3.05, 3.63) is 58.3 Å². The van der Waals surface area contributed by atoms with Gasteiger partial charge in [-0.2, -0.15) is 0 Å². The number of aromatic nitrogens is 2.